The highest BCUT2D eigenvalue weighted by Crippen LogP contribution is 2.22. The fourth-order valence-electron chi connectivity index (χ4n) is 2.12. The summed E-state index contributed by atoms with van der Waals surface area (Å²) >= 11 is 0. The van der Waals surface area contributed by atoms with Gasteiger partial charge < -0.3 is 5.32 Å². The third kappa shape index (κ3) is 2.71. The maximum Gasteiger partial charge on any atom is 0.253 e. The standard InChI is InChI=1S/C15H17FN2O2/c1-3-4-7-17-15(20)13-9-18(10(2)19)14-8-11(16)5-6-12(13)14/h5-6,8-9H,3-4,7H2,1-2H3,(H,17,20). The maximum atomic E-state index is 13.3. The quantitative estimate of drug-likeness (QED) is 0.873. The van der Waals surface area contributed by atoms with Gasteiger partial charge in [-0.25, -0.2) is 4.39 Å². The van der Waals surface area contributed by atoms with Crippen LogP contribution in [0.5, 0.6) is 0 Å². The summed E-state index contributed by atoms with van der Waals surface area (Å²) in [6, 6.07) is 4.08. The molecule has 106 valence electrons. The first-order valence-corrected chi connectivity index (χ1v) is 6.64. The minimum absolute atomic E-state index is 0.241. The van der Waals surface area contributed by atoms with Crippen LogP contribution in [-0.2, 0) is 0 Å². The molecule has 1 aromatic carbocycles. The highest BCUT2D eigenvalue weighted by atomic mass is 19.1. The van der Waals surface area contributed by atoms with Crippen LogP contribution < -0.4 is 5.32 Å². The van der Waals surface area contributed by atoms with Gasteiger partial charge in [-0.05, 0) is 24.6 Å². The summed E-state index contributed by atoms with van der Waals surface area (Å²) in [5.74, 6) is -0.931. The largest absolute Gasteiger partial charge is 0.352 e. The molecule has 0 unspecified atom stereocenters. The minimum atomic E-state index is -0.434. The molecular formula is C15H17FN2O2. The molecule has 0 aliphatic carbocycles. The lowest BCUT2D eigenvalue weighted by atomic mass is 10.1. The Labute approximate surface area is 116 Å². The van der Waals surface area contributed by atoms with Crippen molar-refractivity contribution in [2.75, 3.05) is 6.54 Å². The Morgan fingerprint density at radius 3 is 2.75 bits per heavy atom. The molecule has 1 heterocycles. The molecule has 20 heavy (non-hydrogen) atoms. The van der Waals surface area contributed by atoms with Gasteiger partial charge >= 0.3 is 0 Å². The summed E-state index contributed by atoms with van der Waals surface area (Å²) in [6.07, 6.45) is 3.35. The second kappa shape index (κ2) is 5.86. The fourth-order valence-corrected chi connectivity index (χ4v) is 2.12. The molecule has 2 aromatic rings. The molecule has 0 atom stereocenters. The van der Waals surface area contributed by atoms with Crippen LogP contribution in [0.1, 0.15) is 41.8 Å². The van der Waals surface area contributed by atoms with Gasteiger partial charge in [0.05, 0.1) is 11.1 Å². The first-order chi connectivity index (χ1) is 9.54. The van der Waals surface area contributed by atoms with Crippen LogP contribution in [-0.4, -0.2) is 22.9 Å². The Morgan fingerprint density at radius 2 is 2.10 bits per heavy atom. The van der Waals surface area contributed by atoms with Crippen LogP contribution in [0.2, 0.25) is 0 Å². The number of amides is 1. The van der Waals surface area contributed by atoms with Gasteiger partial charge in [-0.1, -0.05) is 13.3 Å². The van der Waals surface area contributed by atoms with E-state index in [1.54, 1.807) is 0 Å². The Kier molecular flexibility index (Phi) is 4.17. The van der Waals surface area contributed by atoms with Crippen LogP contribution in [0, 0.1) is 5.82 Å². The number of rotatable bonds is 4. The smallest absolute Gasteiger partial charge is 0.253 e. The predicted octanol–water partition coefficient (Wildman–Crippen LogP) is 2.97. The normalized spacial score (nSPS) is 10.8. The molecule has 0 fully saturated rings. The molecule has 5 heteroatoms. The molecule has 1 amide bonds. The number of nitrogens with one attached hydrogen (secondary N) is 1. The molecule has 0 aliphatic rings. The molecule has 0 bridgehead atoms. The van der Waals surface area contributed by atoms with E-state index in [2.05, 4.69) is 5.32 Å². The van der Waals surface area contributed by atoms with E-state index in [9.17, 15) is 14.0 Å². The van der Waals surface area contributed by atoms with E-state index in [1.807, 2.05) is 6.92 Å². The average Bonchev–Trinajstić information content (AvgIpc) is 2.77. The van der Waals surface area contributed by atoms with Crippen LogP contribution >= 0.6 is 0 Å². The Hall–Kier alpha value is -2.17. The van der Waals surface area contributed by atoms with Gasteiger partial charge in [-0.15, -0.1) is 0 Å². The van der Waals surface area contributed by atoms with Gasteiger partial charge in [0.15, 0.2) is 0 Å². The predicted molar refractivity (Wildman–Crippen MR) is 75.4 cm³/mol. The average molecular weight is 276 g/mol. The third-order valence-corrected chi connectivity index (χ3v) is 3.17. The van der Waals surface area contributed by atoms with Crippen molar-refractivity contribution in [1.82, 2.24) is 9.88 Å². The third-order valence-electron chi connectivity index (χ3n) is 3.17. The van der Waals surface area contributed by atoms with Crippen molar-refractivity contribution < 1.29 is 14.0 Å². The van der Waals surface area contributed by atoms with Gasteiger partial charge in [0, 0.05) is 25.1 Å². The highest BCUT2D eigenvalue weighted by Gasteiger charge is 2.16. The van der Waals surface area contributed by atoms with E-state index in [-0.39, 0.29) is 11.8 Å². The number of fused-ring (bicyclic) bond motifs is 1. The zero-order valence-corrected chi connectivity index (χ0v) is 11.6. The summed E-state index contributed by atoms with van der Waals surface area (Å²) in [6.45, 7) is 4.00. The lowest BCUT2D eigenvalue weighted by Gasteiger charge is -2.02. The number of hydrogen-bond donors (Lipinski definition) is 1. The van der Waals surface area contributed by atoms with Crippen molar-refractivity contribution >= 4 is 22.7 Å². The monoisotopic (exact) mass is 276 g/mol. The van der Waals surface area contributed by atoms with Crippen LogP contribution in [0.4, 0.5) is 4.39 Å². The minimum Gasteiger partial charge on any atom is -0.352 e. The summed E-state index contributed by atoms with van der Waals surface area (Å²) in [5, 5.41) is 3.38. The summed E-state index contributed by atoms with van der Waals surface area (Å²) in [7, 11) is 0. The van der Waals surface area contributed by atoms with Crippen molar-refractivity contribution in [3.63, 3.8) is 0 Å². The summed E-state index contributed by atoms with van der Waals surface area (Å²) in [4.78, 5) is 23.7. The Bertz CT molecular complexity index is 661. The molecule has 4 nitrogen and oxygen atoms in total. The van der Waals surface area contributed by atoms with Crippen LogP contribution in [0.15, 0.2) is 24.4 Å². The van der Waals surface area contributed by atoms with Gasteiger partial charge in [0.25, 0.3) is 5.91 Å². The zero-order valence-electron chi connectivity index (χ0n) is 11.6. The first kappa shape index (κ1) is 14.2. The SMILES string of the molecule is CCCCNC(=O)c1cn(C(C)=O)c2cc(F)ccc12. The van der Waals surface area contributed by atoms with E-state index >= 15 is 0 Å². The van der Waals surface area contributed by atoms with E-state index in [4.69, 9.17) is 0 Å². The number of unbranched alkanes of at least 4 members (excludes halogenated alkanes) is 1. The van der Waals surface area contributed by atoms with E-state index in [0.29, 0.717) is 23.0 Å². The molecule has 0 spiro atoms. The van der Waals surface area contributed by atoms with Crippen LogP contribution in [0.3, 0.4) is 0 Å². The molecule has 1 aromatic heterocycles. The van der Waals surface area contributed by atoms with Crippen molar-refractivity contribution in [2.45, 2.75) is 26.7 Å². The zero-order chi connectivity index (χ0) is 14.7. The highest BCUT2D eigenvalue weighted by molar-refractivity contribution is 6.09. The number of aromatic nitrogens is 1. The summed E-state index contributed by atoms with van der Waals surface area (Å²) < 4.78 is 14.6. The van der Waals surface area contributed by atoms with Crippen molar-refractivity contribution in [1.29, 1.82) is 0 Å². The lowest BCUT2D eigenvalue weighted by molar-refractivity contribution is 0.0941. The number of halogens is 1. The molecule has 0 saturated carbocycles. The number of carbonyl (C=O) groups excluding carboxylic acids is 2. The Morgan fingerprint density at radius 1 is 1.35 bits per heavy atom. The number of nitrogens with zero attached hydrogens (tertiary/aromatic N) is 1. The lowest BCUT2D eigenvalue weighted by Crippen LogP contribution is -2.24. The molecule has 0 aliphatic heterocycles. The van der Waals surface area contributed by atoms with Gasteiger partial charge in [-0.3, -0.25) is 14.2 Å². The second-order valence-electron chi connectivity index (χ2n) is 4.70. The topological polar surface area (TPSA) is 51.1 Å². The van der Waals surface area contributed by atoms with Crippen molar-refractivity contribution in [3.05, 3.63) is 35.8 Å². The van der Waals surface area contributed by atoms with E-state index in [0.717, 1.165) is 12.8 Å². The number of benzene rings is 1. The van der Waals surface area contributed by atoms with Crippen molar-refractivity contribution in [2.24, 2.45) is 0 Å². The maximum absolute atomic E-state index is 13.3. The molecule has 0 radical (unpaired) electrons. The second-order valence-corrected chi connectivity index (χ2v) is 4.70. The van der Waals surface area contributed by atoms with Gasteiger partial charge in [-0.2, -0.15) is 0 Å². The van der Waals surface area contributed by atoms with Gasteiger partial charge in [0.1, 0.15) is 5.82 Å². The van der Waals surface area contributed by atoms with Crippen molar-refractivity contribution in [3.8, 4) is 0 Å². The van der Waals surface area contributed by atoms with Gasteiger partial charge in [0.2, 0.25) is 5.91 Å². The molecule has 0 saturated heterocycles. The molecular weight excluding hydrogens is 259 g/mol. The molecule has 2 rings (SSSR count). The fraction of sp³-hybridized carbons (Fsp3) is 0.333. The number of carbonyl (C=O) groups is 2. The summed E-state index contributed by atoms with van der Waals surface area (Å²) in [5.41, 5.74) is 0.810. The molecule has 1 N–H and O–H groups in total. The number of hydrogen-bond acceptors (Lipinski definition) is 2. The van der Waals surface area contributed by atoms with E-state index in [1.165, 1.54) is 35.9 Å². The van der Waals surface area contributed by atoms with E-state index < -0.39 is 5.82 Å². The van der Waals surface area contributed by atoms with Crippen LogP contribution in [0.25, 0.3) is 10.9 Å². The Balaban J connectivity index is 2.43. The first-order valence-electron chi connectivity index (χ1n) is 6.64.